The predicted molar refractivity (Wildman–Crippen MR) is 82.7 cm³/mol. The molecule has 0 bridgehead atoms. The van der Waals surface area contributed by atoms with Gasteiger partial charge in [-0.25, -0.2) is 0 Å². The number of benzene rings is 1. The van der Waals surface area contributed by atoms with Gasteiger partial charge in [0.05, 0.1) is 12.5 Å². The van der Waals surface area contributed by atoms with E-state index in [-0.39, 0.29) is 12.3 Å². The quantitative estimate of drug-likeness (QED) is 0.926. The molecule has 1 saturated heterocycles. The number of hydrogen-bond acceptors (Lipinski definition) is 2. The zero-order chi connectivity index (χ0) is 14.7. The molecule has 1 unspecified atom stereocenters. The lowest BCUT2D eigenvalue weighted by molar-refractivity contribution is -0.132. The van der Waals surface area contributed by atoms with Crippen molar-refractivity contribution >= 4 is 5.91 Å². The van der Waals surface area contributed by atoms with Gasteiger partial charge >= 0.3 is 0 Å². The number of carbonyl (C=O) groups excluding carboxylic acids is 1. The van der Waals surface area contributed by atoms with Crippen LogP contribution in [0.25, 0.3) is 0 Å². The second-order valence-electron chi connectivity index (χ2n) is 6.76. The largest absolute Gasteiger partial charge is 0.388 e. The molecule has 2 aliphatic rings. The van der Waals surface area contributed by atoms with Crippen molar-refractivity contribution < 1.29 is 9.90 Å². The van der Waals surface area contributed by atoms with Crippen molar-refractivity contribution in [2.75, 3.05) is 13.1 Å². The van der Waals surface area contributed by atoms with Crippen molar-refractivity contribution in [2.24, 2.45) is 5.41 Å². The van der Waals surface area contributed by atoms with Crippen molar-refractivity contribution in [1.29, 1.82) is 0 Å². The molecular weight excluding hydrogens is 262 g/mol. The normalized spacial score (nSPS) is 22.4. The van der Waals surface area contributed by atoms with E-state index >= 15 is 0 Å². The number of amides is 1. The Morgan fingerprint density at radius 2 is 1.86 bits per heavy atom. The number of rotatable bonds is 3. The Morgan fingerprint density at radius 3 is 2.57 bits per heavy atom. The van der Waals surface area contributed by atoms with Gasteiger partial charge in [0.1, 0.15) is 0 Å². The molecule has 3 rings (SSSR count). The van der Waals surface area contributed by atoms with Gasteiger partial charge < -0.3 is 10.0 Å². The van der Waals surface area contributed by atoms with E-state index in [9.17, 15) is 9.90 Å². The number of carbonyl (C=O) groups is 1. The molecule has 1 spiro atoms. The first-order valence-electron chi connectivity index (χ1n) is 8.19. The summed E-state index contributed by atoms with van der Waals surface area (Å²) in [7, 11) is 0. The summed E-state index contributed by atoms with van der Waals surface area (Å²) in [5.74, 6) is 0.105. The third-order valence-electron chi connectivity index (χ3n) is 5.26. The molecule has 1 aromatic rings. The minimum atomic E-state index is -0.679. The van der Waals surface area contributed by atoms with E-state index < -0.39 is 6.10 Å². The highest BCUT2D eigenvalue weighted by atomic mass is 16.3. The summed E-state index contributed by atoms with van der Waals surface area (Å²) < 4.78 is 0. The molecule has 1 N–H and O–H groups in total. The van der Waals surface area contributed by atoms with Crippen LogP contribution in [0.5, 0.6) is 0 Å². The maximum atomic E-state index is 12.4. The van der Waals surface area contributed by atoms with Crippen LogP contribution in [0.15, 0.2) is 30.3 Å². The highest BCUT2D eigenvalue weighted by Gasteiger charge is 2.40. The molecule has 1 amide bonds. The summed E-state index contributed by atoms with van der Waals surface area (Å²) in [6, 6.07) is 9.48. The molecule has 0 radical (unpaired) electrons. The highest BCUT2D eigenvalue weighted by molar-refractivity contribution is 5.77. The molecule has 3 nitrogen and oxygen atoms in total. The van der Waals surface area contributed by atoms with Crippen LogP contribution in [0, 0.1) is 5.41 Å². The zero-order valence-corrected chi connectivity index (χ0v) is 12.6. The molecule has 114 valence electrons. The van der Waals surface area contributed by atoms with Crippen molar-refractivity contribution in [3.05, 3.63) is 35.9 Å². The standard InChI is InChI=1S/C18H25NO2/c20-16(15-7-3-1-4-8-15)13-17(21)19-12-11-18(14-19)9-5-2-6-10-18/h1,3-4,7-8,16,20H,2,5-6,9-14H2. The average Bonchev–Trinajstić information content (AvgIpc) is 2.92. The van der Waals surface area contributed by atoms with E-state index in [0.29, 0.717) is 5.41 Å². The Kier molecular flexibility index (Phi) is 4.29. The van der Waals surface area contributed by atoms with Crippen LogP contribution in [0.3, 0.4) is 0 Å². The van der Waals surface area contributed by atoms with Crippen LogP contribution in [0.1, 0.15) is 56.6 Å². The lowest BCUT2D eigenvalue weighted by atomic mass is 9.73. The van der Waals surface area contributed by atoms with Gasteiger partial charge in [-0.15, -0.1) is 0 Å². The summed E-state index contributed by atoms with van der Waals surface area (Å²) in [5.41, 5.74) is 1.23. The summed E-state index contributed by atoms with van der Waals surface area (Å²) >= 11 is 0. The van der Waals surface area contributed by atoms with E-state index in [1.807, 2.05) is 35.2 Å². The first kappa shape index (κ1) is 14.6. The number of nitrogens with zero attached hydrogens (tertiary/aromatic N) is 1. The van der Waals surface area contributed by atoms with E-state index in [2.05, 4.69) is 0 Å². The van der Waals surface area contributed by atoms with Gasteiger partial charge in [-0.3, -0.25) is 4.79 Å². The first-order chi connectivity index (χ1) is 10.2. The maximum absolute atomic E-state index is 12.4. The molecule has 1 aromatic carbocycles. The topological polar surface area (TPSA) is 40.5 Å². The highest BCUT2D eigenvalue weighted by Crippen LogP contribution is 2.43. The second kappa shape index (κ2) is 6.18. The van der Waals surface area contributed by atoms with Crippen molar-refractivity contribution in [2.45, 2.75) is 51.0 Å². The molecule has 1 aliphatic carbocycles. The van der Waals surface area contributed by atoms with Crippen molar-refractivity contribution in [1.82, 2.24) is 4.90 Å². The van der Waals surface area contributed by atoms with Crippen LogP contribution >= 0.6 is 0 Å². The SMILES string of the molecule is O=C(CC(O)c1ccccc1)N1CCC2(CCCCC2)C1. The summed E-state index contributed by atoms with van der Waals surface area (Å²) in [6.45, 7) is 1.79. The van der Waals surface area contributed by atoms with Crippen LogP contribution in [0.4, 0.5) is 0 Å². The monoisotopic (exact) mass is 287 g/mol. The molecule has 2 fully saturated rings. The minimum Gasteiger partial charge on any atom is -0.388 e. The fourth-order valence-corrected chi connectivity index (χ4v) is 3.95. The molecular formula is C18H25NO2. The molecule has 0 aromatic heterocycles. The lowest BCUT2D eigenvalue weighted by Crippen LogP contribution is -2.33. The Labute approximate surface area is 127 Å². The molecule has 1 aliphatic heterocycles. The summed E-state index contributed by atoms with van der Waals surface area (Å²) in [5, 5.41) is 10.2. The Bertz CT molecular complexity index is 479. The molecule has 1 saturated carbocycles. The maximum Gasteiger partial charge on any atom is 0.225 e. The van der Waals surface area contributed by atoms with Gasteiger partial charge in [0.25, 0.3) is 0 Å². The lowest BCUT2D eigenvalue weighted by Gasteiger charge is -2.33. The van der Waals surface area contributed by atoms with Gasteiger partial charge in [0.2, 0.25) is 5.91 Å². The minimum absolute atomic E-state index is 0.105. The van der Waals surface area contributed by atoms with E-state index in [4.69, 9.17) is 0 Å². The van der Waals surface area contributed by atoms with Crippen LogP contribution < -0.4 is 0 Å². The van der Waals surface area contributed by atoms with Gasteiger partial charge in [0, 0.05) is 13.1 Å². The fourth-order valence-electron chi connectivity index (χ4n) is 3.95. The number of hydrogen-bond donors (Lipinski definition) is 1. The first-order valence-corrected chi connectivity index (χ1v) is 8.19. The van der Waals surface area contributed by atoms with Crippen LogP contribution in [-0.4, -0.2) is 29.0 Å². The molecule has 1 heterocycles. The summed E-state index contributed by atoms with van der Waals surface area (Å²) in [6.07, 6.45) is 7.21. The molecule has 3 heteroatoms. The van der Waals surface area contributed by atoms with E-state index in [1.54, 1.807) is 0 Å². The molecule has 21 heavy (non-hydrogen) atoms. The number of aliphatic hydroxyl groups excluding tert-OH is 1. The van der Waals surface area contributed by atoms with Gasteiger partial charge in [-0.2, -0.15) is 0 Å². The Balaban J connectivity index is 1.57. The smallest absolute Gasteiger partial charge is 0.225 e. The third kappa shape index (κ3) is 3.29. The van der Waals surface area contributed by atoms with Gasteiger partial charge in [0.15, 0.2) is 0 Å². The van der Waals surface area contributed by atoms with E-state index in [0.717, 1.165) is 25.1 Å². The number of likely N-dealkylation sites (tertiary alicyclic amines) is 1. The average molecular weight is 287 g/mol. The van der Waals surface area contributed by atoms with Crippen molar-refractivity contribution in [3.63, 3.8) is 0 Å². The predicted octanol–water partition coefficient (Wildman–Crippen LogP) is 3.29. The Hall–Kier alpha value is -1.35. The fraction of sp³-hybridized carbons (Fsp3) is 0.611. The third-order valence-corrected chi connectivity index (χ3v) is 5.26. The molecule has 1 atom stereocenters. The number of aliphatic hydroxyl groups is 1. The van der Waals surface area contributed by atoms with Gasteiger partial charge in [-0.05, 0) is 30.2 Å². The van der Waals surface area contributed by atoms with Crippen molar-refractivity contribution in [3.8, 4) is 0 Å². The zero-order valence-electron chi connectivity index (χ0n) is 12.6. The second-order valence-corrected chi connectivity index (χ2v) is 6.76. The Morgan fingerprint density at radius 1 is 1.14 bits per heavy atom. The van der Waals surface area contributed by atoms with Crippen LogP contribution in [-0.2, 0) is 4.79 Å². The summed E-state index contributed by atoms with van der Waals surface area (Å²) in [4.78, 5) is 14.4. The van der Waals surface area contributed by atoms with Gasteiger partial charge in [-0.1, -0.05) is 49.6 Å². The van der Waals surface area contributed by atoms with Crippen LogP contribution in [0.2, 0.25) is 0 Å². The van der Waals surface area contributed by atoms with E-state index in [1.165, 1.54) is 32.1 Å².